The van der Waals surface area contributed by atoms with Gasteiger partial charge in [-0.1, -0.05) is 18.2 Å². The molecule has 1 aromatic carbocycles. The minimum Gasteiger partial charge on any atom is -0.481 e. The zero-order valence-corrected chi connectivity index (χ0v) is 10.7. The van der Waals surface area contributed by atoms with Gasteiger partial charge in [-0.25, -0.2) is 0 Å². The first kappa shape index (κ1) is 13.3. The van der Waals surface area contributed by atoms with Gasteiger partial charge in [0.15, 0.2) is 0 Å². The van der Waals surface area contributed by atoms with Crippen LogP contribution < -0.4 is 4.90 Å². The van der Waals surface area contributed by atoms with Gasteiger partial charge in [0, 0.05) is 24.7 Å². The fraction of sp³-hybridized carbons (Fsp3) is 0.286. The Balaban J connectivity index is 2.54. The fourth-order valence-corrected chi connectivity index (χ4v) is 2.04. The molecule has 0 saturated heterocycles. The number of carboxylic acid groups (broad SMARTS) is 1. The van der Waals surface area contributed by atoms with Crippen molar-refractivity contribution in [2.45, 2.75) is 6.42 Å². The monoisotopic (exact) mass is 260 g/mol. The summed E-state index contributed by atoms with van der Waals surface area (Å²) in [6.07, 6.45) is -0.106. The number of nitrogens with zero attached hydrogens (tertiary/aromatic N) is 2. The largest absolute Gasteiger partial charge is 0.481 e. The highest BCUT2D eigenvalue weighted by atomic mass is 16.4. The summed E-state index contributed by atoms with van der Waals surface area (Å²) in [7, 11) is 1.86. The summed E-state index contributed by atoms with van der Waals surface area (Å²) in [4.78, 5) is 17.1. The van der Waals surface area contributed by atoms with Gasteiger partial charge < -0.3 is 15.1 Å². The molecule has 0 aliphatic heterocycles. The first-order valence-electron chi connectivity index (χ1n) is 6.04. The summed E-state index contributed by atoms with van der Waals surface area (Å²) in [5.74, 6) is -0.904. The zero-order chi connectivity index (χ0) is 13.8. The Labute approximate surface area is 111 Å². The Morgan fingerprint density at radius 1 is 1.37 bits per heavy atom. The van der Waals surface area contributed by atoms with Crippen molar-refractivity contribution in [3.05, 3.63) is 36.0 Å². The molecule has 0 radical (unpaired) electrons. The Morgan fingerprint density at radius 2 is 2.11 bits per heavy atom. The molecule has 100 valence electrons. The van der Waals surface area contributed by atoms with E-state index in [4.69, 9.17) is 10.2 Å². The number of hydrogen-bond donors (Lipinski definition) is 2. The quantitative estimate of drug-likeness (QED) is 0.847. The van der Waals surface area contributed by atoms with Crippen molar-refractivity contribution in [2.24, 2.45) is 0 Å². The van der Waals surface area contributed by atoms with Gasteiger partial charge in [-0.05, 0) is 12.1 Å². The molecule has 0 fully saturated rings. The second-order valence-corrected chi connectivity index (χ2v) is 4.37. The van der Waals surface area contributed by atoms with E-state index >= 15 is 0 Å². The van der Waals surface area contributed by atoms with Crippen molar-refractivity contribution in [1.82, 2.24) is 4.98 Å². The summed E-state index contributed by atoms with van der Waals surface area (Å²) >= 11 is 0. The number of aromatic nitrogens is 1. The smallest absolute Gasteiger partial charge is 0.309 e. The Hall–Kier alpha value is -2.14. The van der Waals surface area contributed by atoms with E-state index in [1.54, 1.807) is 6.07 Å². The van der Waals surface area contributed by atoms with Crippen molar-refractivity contribution in [1.29, 1.82) is 0 Å². The van der Waals surface area contributed by atoms with Crippen LogP contribution in [0.15, 0.2) is 30.3 Å². The number of aliphatic hydroxyl groups excluding tert-OH is 1. The number of aliphatic carboxylic acids is 1. The van der Waals surface area contributed by atoms with Crippen LogP contribution in [0.2, 0.25) is 0 Å². The molecular formula is C14H16N2O3. The minimum atomic E-state index is -0.904. The lowest BCUT2D eigenvalue weighted by molar-refractivity contribution is -0.136. The molecule has 5 heteroatoms. The van der Waals surface area contributed by atoms with Gasteiger partial charge in [-0.15, -0.1) is 0 Å². The van der Waals surface area contributed by atoms with Crippen LogP contribution in [0.4, 0.5) is 5.69 Å². The highest BCUT2D eigenvalue weighted by Gasteiger charge is 2.11. The second kappa shape index (κ2) is 5.67. The first-order valence-corrected chi connectivity index (χ1v) is 6.04. The zero-order valence-electron chi connectivity index (χ0n) is 10.7. The topological polar surface area (TPSA) is 73.7 Å². The van der Waals surface area contributed by atoms with E-state index in [9.17, 15) is 4.79 Å². The maximum absolute atomic E-state index is 10.8. The highest BCUT2D eigenvalue weighted by molar-refractivity contribution is 5.92. The molecule has 0 aliphatic rings. The molecule has 1 heterocycles. The fourth-order valence-electron chi connectivity index (χ4n) is 2.04. The minimum absolute atomic E-state index is 0.0431. The number of likely N-dealkylation sites (N-methyl/N-ethyl adjacent to an activating group) is 1. The van der Waals surface area contributed by atoms with E-state index in [0.29, 0.717) is 12.2 Å². The van der Waals surface area contributed by atoms with Gasteiger partial charge in [-0.3, -0.25) is 9.78 Å². The molecule has 1 aromatic heterocycles. The molecule has 0 bridgehead atoms. The molecule has 5 nitrogen and oxygen atoms in total. The second-order valence-electron chi connectivity index (χ2n) is 4.37. The van der Waals surface area contributed by atoms with Crippen LogP contribution in [-0.4, -0.2) is 41.4 Å². The number of anilines is 1. The summed E-state index contributed by atoms with van der Waals surface area (Å²) < 4.78 is 0. The van der Waals surface area contributed by atoms with E-state index < -0.39 is 5.97 Å². The van der Waals surface area contributed by atoms with E-state index in [1.165, 1.54) is 0 Å². The standard InChI is InChI=1S/C14H16N2O3/c1-16(6-7-17)13-8-10(9-14(18)19)15-12-5-3-2-4-11(12)13/h2-5,8,17H,6-7,9H2,1H3,(H,18,19). The predicted octanol–water partition coefficient (Wildman–Crippen LogP) is 1.29. The number of fused-ring (bicyclic) bond motifs is 1. The first-order chi connectivity index (χ1) is 9.11. The molecule has 0 aliphatic carbocycles. The number of pyridine rings is 1. The lowest BCUT2D eigenvalue weighted by atomic mass is 10.1. The average Bonchev–Trinajstić information content (AvgIpc) is 2.37. The SMILES string of the molecule is CN(CCO)c1cc(CC(=O)O)nc2ccccc12. The lowest BCUT2D eigenvalue weighted by Gasteiger charge is -2.20. The third-order valence-corrected chi connectivity index (χ3v) is 2.93. The van der Waals surface area contributed by atoms with Crippen LogP contribution in [0, 0.1) is 0 Å². The molecule has 0 spiro atoms. The molecule has 0 unspecified atom stereocenters. The van der Waals surface area contributed by atoms with Crippen molar-refractivity contribution in [3.63, 3.8) is 0 Å². The van der Waals surface area contributed by atoms with E-state index in [-0.39, 0.29) is 13.0 Å². The molecular weight excluding hydrogens is 244 g/mol. The van der Waals surface area contributed by atoms with Crippen molar-refractivity contribution in [2.75, 3.05) is 25.1 Å². The summed E-state index contributed by atoms with van der Waals surface area (Å²) in [6.45, 7) is 0.530. The van der Waals surface area contributed by atoms with Crippen LogP contribution in [0.1, 0.15) is 5.69 Å². The normalized spacial score (nSPS) is 10.6. The van der Waals surface area contributed by atoms with Crippen LogP contribution in [0.3, 0.4) is 0 Å². The summed E-state index contributed by atoms with van der Waals surface area (Å²) in [5.41, 5.74) is 2.17. The van der Waals surface area contributed by atoms with Gasteiger partial charge in [0.25, 0.3) is 0 Å². The number of aliphatic hydroxyl groups is 1. The maximum Gasteiger partial charge on any atom is 0.309 e. The molecule has 0 saturated carbocycles. The van der Waals surface area contributed by atoms with Gasteiger partial charge in [0.05, 0.1) is 24.2 Å². The Kier molecular flexibility index (Phi) is 3.97. The number of benzene rings is 1. The van der Waals surface area contributed by atoms with Crippen LogP contribution in [0.5, 0.6) is 0 Å². The van der Waals surface area contributed by atoms with Gasteiger partial charge >= 0.3 is 5.97 Å². The van der Waals surface area contributed by atoms with Gasteiger partial charge in [-0.2, -0.15) is 0 Å². The predicted molar refractivity (Wildman–Crippen MR) is 73.4 cm³/mol. The highest BCUT2D eigenvalue weighted by Crippen LogP contribution is 2.26. The number of carboxylic acids is 1. The molecule has 2 rings (SSSR count). The molecule has 2 aromatic rings. The van der Waals surface area contributed by atoms with Crippen molar-refractivity contribution < 1.29 is 15.0 Å². The number of hydrogen-bond acceptors (Lipinski definition) is 4. The molecule has 0 amide bonds. The molecule has 19 heavy (non-hydrogen) atoms. The molecule has 2 N–H and O–H groups in total. The maximum atomic E-state index is 10.8. The summed E-state index contributed by atoms with van der Waals surface area (Å²) in [6, 6.07) is 9.35. The molecule has 0 atom stereocenters. The average molecular weight is 260 g/mol. The Morgan fingerprint density at radius 3 is 2.79 bits per heavy atom. The van der Waals surface area contributed by atoms with Gasteiger partial charge in [0.2, 0.25) is 0 Å². The van der Waals surface area contributed by atoms with Crippen molar-refractivity contribution >= 4 is 22.6 Å². The third-order valence-electron chi connectivity index (χ3n) is 2.93. The Bertz CT molecular complexity index is 598. The third kappa shape index (κ3) is 3.00. The van der Waals surface area contributed by atoms with Crippen molar-refractivity contribution in [3.8, 4) is 0 Å². The number of rotatable bonds is 5. The van der Waals surface area contributed by atoms with Crippen LogP contribution in [0.25, 0.3) is 10.9 Å². The number of carbonyl (C=O) groups is 1. The van der Waals surface area contributed by atoms with Crippen LogP contribution in [-0.2, 0) is 11.2 Å². The van der Waals surface area contributed by atoms with E-state index in [2.05, 4.69) is 4.98 Å². The summed E-state index contributed by atoms with van der Waals surface area (Å²) in [5, 5.41) is 18.9. The van der Waals surface area contributed by atoms with Crippen LogP contribution >= 0.6 is 0 Å². The van der Waals surface area contributed by atoms with E-state index in [0.717, 1.165) is 16.6 Å². The lowest BCUT2D eigenvalue weighted by Crippen LogP contribution is -2.22. The van der Waals surface area contributed by atoms with Gasteiger partial charge in [0.1, 0.15) is 0 Å². The van der Waals surface area contributed by atoms with E-state index in [1.807, 2.05) is 36.2 Å². The number of para-hydroxylation sites is 1.